The van der Waals surface area contributed by atoms with Crippen LogP contribution in [0.25, 0.3) is 11.4 Å². The second-order valence-corrected chi connectivity index (χ2v) is 8.02. The Balaban J connectivity index is 1.36. The maximum Gasteiger partial charge on any atom is 0.344 e. The Bertz CT molecular complexity index is 1150. The highest BCUT2D eigenvalue weighted by atomic mass is 32.2. The van der Waals surface area contributed by atoms with Gasteiger partial charge in [0.1, 0.15) is 11.3 Å². The predicted molar refractivity (Wildman–Crippen MR) is 116 cm³/mol. The van der Waals surface area contributed by atoms with Gasteiger partial charge in [0, 0.05) is 5.56 Å². The molecule has 0 spiro atoms. The molecule has 0 radical (unpaired) electrons. The van der Waals surface area contributed by atoms with Crippen molar-refractivity contribution in [1.82, 2.24) is 30.9 Å². The van der Waals surface area contributed by atoms with E-state index in [1.807, 2.05) is 18.2 Å². The number of nitrogens with zero attached hydrogens (tertiary/aromatic N) is 3. The smallest absolute Gasteiger partial charge is 0.344 e. The summed E-state index contributed by atoms with van der Waals surface area (Å²) in [5.41, 5.74) is 2.54. The first-order valence-electron chi connectivity index (χ1n) is 9.62. The van der Waals surface area contributed by atoms with E-state index in [0.717, 1.165) is 23.1 Å². The largest absolute Gasteiger partial charge is 0.497 e. The number of hydrogen-bond acceptors (Lipinski definition) is 7. The van der Waals surface area contributed by atoms with Crippen LogP contribution in [-0.4, -0.2) is 50.9 Å². The fourth-order valence-corrected chi connectivity index (χ4v) is 3.77. The molecule has 4 amide bonds. The molecule has 4 rings (SSSR count). The number of amides is 4. The molecule has 1 fully saturated rings. The number of benzene rings is 2. The van der Waals surface area contributed by atoms with Crippen molar-refractivity contribution in [1.29, 1.82) is 0 Å². The maximum atomic E-state index is 12.8. The molecule has 2 heterocycles. The number of H-pyrrole nitrogens is 1. The summed E-state index contributed by atoms with van der Waals surface area (Å²) < 4.78 is 5.13. The molecule has 0 bridgehead atoms. The van der Waals surface area contributed by atoms with Gasteiger partial charge in [-0.05, 0) is 36.8 Å². The number of urea groups is 1. The summed E-state index contributed by atoms with van der Waals surface area (Å²) in [5.74, 6) is 0.0870. The maximum absolute atomic E-state index is 12.8. The van der Waals surface area contributed by atoms with Crippen molar-refractivity contribution in [3.8, 4) is 17.1 Å². The van der Waals surface area contributed by atoms with E-state index in [1.165, 1.54) is 0 Å². The van der Waals surface area contributed by atoms with Gasteiger partial charge in [-0.2, -0.15) is 5.01 Å². The monoisotopic (exact) mass is 452 g/mol. The zero-order valence-electron chi connectivity index (χ0n) is 17.3. The van der Waals surface area contributed by atoms with E-state index in [4.69, 9.17) is 4.74 Å². The normalized spacial score (nSPS) is 17.9. The molecule has 164 valence electrons. The molecule has 0 aliphatic carbocycles. The first-order chi connectivity index (χ1) is 15.4. The van der Waals surface area contributed by atoms with E-state index in [2.05, 4.69) is 25.9 Å². The van der Waals surface area contributed by atoms with Crippen molar-refractivity contribution in [3.05, 3.63) is 60.2 Å². The van der Waals surface area contributed by atoms with Crippen molar-refractivity contribution in [2.24, 2.45) is 0 Å². The van der Waals surface area contributed by atoms with Crippen LogP contribution in [0.4, 0.5) is 4.79 Å². The first-order valence-corrected chi connectivity index (χ1v) is 10.6. The van der Waals surface area contributed by atoms with Crippen LogP contribution in [0, 0.1) is 0 Å². The summed E-state index contributed by atoms with van der Waals surface area (Å²) in [6.45, 7) is 1.60. The molecule has 0 saturated carbocycles. The van der Waals surface area contributed by atoms with Crippen LogP contribution < -0.4 is 15.5 Å². The van der Waals surface area contributed by atoms with Crippen molar-refractivity contribution in [3.63, 3.8) is 0 Å². The number of rotatable bonds is 7. The van der Waals surface area contributed by atoms with Crippen LogP contribution >= 0.6 is 11.8 Å². The molecule has 10 nitrogen and oxygen atoms in total. The molecule has 32 heavy (non-hydrogen) atoms. The second-order valence-electron chi connectivity index (χ2n) is 7.08. The summed E-state index contributed by atoms with van der Waals surface area (Å²) >= 11 is 1.07. The van der Waals surface area contributed by atoms with Crippen LogP contribution in [-0.2, 0) is 15.1 Å². The summed E-state index contributed by atoms with van der Waals surface area (Å²) in [7, 11) is 1.59. The number of carbonyl (C=O) groups is 3. The summed E-state index contributed by atoms with van der Waals surface area (Å²) in [5, 5.41) is 10.6. The Morgan fingerprint density at radius 1 is 1.16 bits per heavy atom. The van der Waals surface area contributed by atoms with E-state index in [1.54, 1.807) is 50.4 Å². The lowest BCUT2D eigenvalue weighted by atomic mass is 9.92. The number of methoxy groups -OCH3 is 1. The molecule has 1 saturated heterocycles. The fourth-order valence-electron chi connectivity index (χ4n) is 3.18. The lowest BCUT2D eigenvalue weighted by molar-refractivity contribution is -0.138. The minimum absolute atomic E-state index is 0.0843. The average molecular weight is 452 g/mol. The molecular weight excluding hydrogens is 432 g/mol. The van der Waals surface area contributed by atoms with Gasteiger partial charge >= 0.3 is 6.03 Å². The molecule has 1 aliphatic heterocycles. The van der Waals surface area contributed by atoms with Crippen LogP contribution in [0.15, 0.2) is 59.8 Å². The van der Waals surface area contributed by atoms with Crippen molar-refractivity contribution >= 4 is 29.6 Å². The fraction of sp³-hybridized carbons (Fsp3) is 0.190. The van der Waals surface area contributed by atoms with Gasteiger partial charge in [0.05, 0.1) is 12.9 Å². The Kier molecular flexibility index (Phi) is 5.82. The lowest BCUT2D eigenvalue weighted by Gasteiger charge is -2.22. The van der Waals surface area contributed by atoms with Crippen LogP contribution in [0.2, 0.25) is 0 Å². The minimum atomic E-state index is -1.25. The number of aromatic nitrogens is 3. The van der Waals surface area contributed by atoms with Gasteiger partial charge in [-0.15, -0.1) is 5.10 Å². The zero-order chi connectivity index (χ0) is 22.7. The van der Waals surface area contributed by atoms with Crippen LogP contribution in [0.1, 0.15) is 12.5 Å². The van der Waals surface area contributed by atoms with E-state index < -0.39 is 23.4 Å². The predicted octanol–water partition coefficient (Wildman–Crippen LogP) is 2.07. The molecule has 3 aromatic rings. The quantitative estimate of drug-likeness (QED) is 0.370. The van der Waals surface area contributed by atoms with Crippen molar-refractivity contribution in [2.75, 3.05) is 12.9 Å². The molecular formula is C21H20N6O4S. The van der Waals surface area contributed by atoms with Crippen molar-refractivity contribution in [2.45, 2.75) is 17.6 Å². The molecule has 1 aromatic heterocycles. The molecule has 1 atom stereocenters. The Morgan fingerprint density at radius 3 is 2.56 bits per heavy atom. The third kappa shape index (κ3) is 4.14. The van der Waals surface area contributed by atoms with Gasteiger partial charge < -0.3 is 10.1 Å². The number of carbonyl (C=O) groups excluding carboxylic acids is 3. The lowest BCUT2D eigenvalue weighted by Crippen LogP contribution is -2.48. The highest BCUT2D eigenvalue weighted by Crippen LogP contribution is 2.28. The average Bonchev–Trinajstić information content (AvgIpc) is 3.37. The molecule has 0 unspecified atom stereocenters. The highest BCUT2D eigenvalue weighted by molar-refractivity contribution is 7.99. The molecule has 1 aliphatic rings. The third-order valence-electron chi connectivity index (χ3n) is 4.94. The van der Waals surface area contributed by atoms with E-state index in [0.29, 0.717) is 21.6 Å². The SMILES string of the molecule is COc1ccc(-c2nc(SCC(=O)NN3C(=O)N[C@@](C)(c4ccccc4)C3=O)n[nH]2)cc1. The minimum Gasteiger partial charge on any atom is -0.497 e. The van der Waals surface area contributed by atoms with Gasteiger partial charge in [-0.25, -0.2) is 9.78 Å². The molecule has 3 N–H and O–H groups in total. The Hall–Kier alpha value is -3.86. The van der Waals surface area contributed by atoms with Gasteiger partial charge in [-0.3, -0.25) is 20.1 Å². The summed E-state index contributed by atoms with van der Waals surface area (Å²) in [6.07, 6.45) is 0. The summed E-state index contributed by atoms with van der Waals surface area (Å²) in [6, 6.07) is 15.4. The second kappa shape index (κ2) is 8.71. The first kappa shape index (κ1) is 21.4. The highest BCUT2D eigenvalue weighted by Gasteiger charge is 2.49. The molecule has 2 aromatic carbocycles. The van der Waals surface area contributed by atoms with Crippen molar-refractivity contribution < 1.29 is 19.1 Å². The number of thioether (sulfide) groups is 1. The van der Waals surface area contributed by atoms with E-state index in [9.17, 15) is 14.4 Å². The van der Waals surface area contributed by atoms with E-state index in [-0.39, 0.29) is 5.75 Å². The van der Waals surface area contributed by atoms with E-state index >= 15 is 0 Å². The van der Waals surface area contributed by atoms with Gasteiger partial charge in [-0.1, -0.05) is 42.1 Å². The van der Waals surface area contributed by atoms with Gasteiger partial charge in [0.15, 0.2) is 5.82 Å². The number of hydrogen-bond donors (Lipinski definition) is 3. The third-order valence-corrected chi connectivity index (χ3v) is 5.79. The van der Waals surface area contributed by atoms with Gasteiger partial charge in [0.25, 0.3) is 5.91 Å². The Labute approximate surface area is 187 Å². The number of ether oxygens (including phenoxy) is 1. The van der Waals surface area contributed by atoms with Crippen LogP contribution in [0.5, 0.6) is 5.75 Å². The number of nitrogens with one attached hydrogen (secondary N) is 3. The topological polar surface area (TPSA) is 129 Å². The number of aromatic amines is 1. The Morgan fingerprint density at radius 2 is 1.88 bits per heavy atom. The number of imide groups is 1. The standard InChI is InChI=1S/C21H20N6O4S/c1-21(14-6-4-3-5-7-14)18(29)27(20(30)23-21)26-16(28)12-32-19-22-17(24-25-19)13-8-10-15(31-2)11-9-13/h3-11H,12H2,1-2H3,(H,23,30)(H,26,28)(H,22,24,25)/t21-/m0/s1. The van der Waals surface area contributed by atoms with Crippen LogP contribution in [0.3, 0.4) is 0 Å². The van der Waals surface area contributed by atoms with Gasteiger partial charge in [0.2, 0.25) is 11.1 Å². The summed E-state index contributed by atoms with van der Waals surface area (Å²) in [4.78, 5) is 41.9. The molecule has 11 heteroatoms. The zero-order valence-corrected chi connectivity index (χ0v) is 18.1. The number of hydrazine groups is 1.